The monoisotopic (exact) mass is 424 g/mol. The lowest BCUT2D eigenvalue weighted by Gasteiger charge is -2.13. The number of alkyl halides is 6. The summed E-state index contributed by atoms with van der Waals surface area (Å²) in [4.78, 5) is 3.59. The molecule has 3 heterocycles. The topological polar surface area (TPSA) is 60.9 Å². The molecular weight excluding hydrogens is 410 g/mol. The van der Waals surface area contributed by atoms with Gasteiger partial charge in [0.25, 0.3) is 0 Å². The highest BCUT2D eigenvalue weighted by molar-refractivity contribution is 7.99. The molecule has 13 heteroatoms. The van der Waals surface area contributed by atoms with Crippen LogP contribution in [0.25, 0.3) is 5.65 Å². The molecule has 0 atom stereocenters. The van der Waals surface area contributed by atoms with Gasteiger partial charge in [0.15, 0.2) is 10.8 Å². The van der Waals surface area contributed by atoms with E-state index in [0.29, 0.717) is 22.0 Å². The van der Waals surface area contributed by atoms with E-state index >= 15 is 0 Å². The van der Waals surface area contributed by atoms with Crippen LogP contribution in [0.3, 0.4) is 0 Å². The lowest BCUT2D eigenvalue weighted by molar-refractivity contribution is -0.147. The first-order valence-corrected chi connectivity index (χ1v) is 8.62. The molecule has 0 bridgehead atoms. The van der Waals surface area contributed by atoms with Crippen LogP contribution >= 0.6 is 11.8 Å². The minimum atomic E-state index is -4.74. The van der Waals surface area contributed by atoms with Crippen LogP contribution in [0.1, 0.15) is 38.0 Å². The van der Waals surface area contributed by atoms with Gasteiger partial charge in [0.05, 0.1) is 5.69 Å². The van der Waals surface area contributed by atoms with Crippen LogP contribution in [0.2, 0.25) is 0 Å². The van der Waals surface area contributed by atoms with Crippen LogP contribution < -0.4 is 0 Å². The molecule has 3 aromatic rings. The van der Waals surface area contributed by atoms with Crippen LogP contribution in [0.5, 0.6) is 0 Å². The fourth-order valence-electron chi connectivity index (χ4n) is 2.28. The Balaban J connectivity index is 2.16. The maximum atomic E-state index is 13.2. The Bertz CT molecular complexity index is 1030. The zero-order chi connectivity index (χ0) is 21.1. The summed E-state index contributed by atoms with van der Waals surface area (Å²) < 4.78 is 80.2. The quantitative estimate of drug-likeness (QED) is 0.452. The van der Waals surface area contributed by atoms with E-state index in [2.05, 4.69) is 20.3 Å². The number of fused-ring (bicyclic) bond motifs is 1. The normalized spacial score (nSPS) is 13.5. The number of halogens is 6. The average Bonchev–Trinajstić information content (AvgIpc) is 3.10. The summed E-state index contributed by atoms with van der Waals surface area (Å²) in [5.74, 6) is -1.26. The summed E-state index contributed by atoms with van der Waals surface area (Å²) in [5, 5.41) is 10.5. The van der Waals surface area contributed by atoms with Gasteiger partial charge in [-0.15, -0.1) is 10.2 Å². The SMILES string of the molecule is Cn1c(Sc2cc(C(F)(F)F)nc3cc(C(C)(C)C)nn23)nnc1C(F)(F)F. The Morgan fingerprint density at radius 2 is 1.54 bits per heavy atom. The number of aromatic nitrogens is 6. The van der Waals surface area contributed by atoms with Crippen molar-refractivity contribution < 1.29 is 26.3 Å². The zero-order valence-electron chi connectivity index (χ0n) is 15.0. The van der Waals surface area contributed by atoms with Gasteiger partial charge >= 0.3 is 12.4 Å². The van der Waals surface area contributed by atoms with E-state index in [-0.39, 0.29) is 15.8 Å². The largest absolute Gasteiger partial charge is 0.451 e. The van der Waals surface area contributed by atoms with Gasteiger partial charge in [-0.1, -0.05) is 20.8 Å². The van der Waals surface area contributed by atoms with Gasteiger partial charge in [0, 0.05) is 24.6 Å². The predicted octanol–water partition coefficient (Wildman–Crippen LogP) is 4.34. The third kappa shape index (κ3) is 3.80. The van der Waals surface area contributed by atoms with Crippen molar-refractivity contribution in [1.29, 1.82) is 0 Å². The van der Waals surface area contributed by atoms with Crippen molar-refractivity contribution in [2.45, 2.75) is 48.7 Å². The van der Waals surface area contributed by atoms with Crippen molar-refractivity contribution in [2.75, 3.05) is 0 Å². The summed E-state index contributed by atoms with van der Waals surface area (Å²) in [5.41, 5.74) is -1.24. The molecule has 0 amide bonds. The molecule has 152 valence electrons. The lowest BCUT2D eigenvalue weighted by Crippen LogP contribution is -2.13. The van der Waals surface area contributed by atoms with Gasteiger partial charge < -0.3 is 4.57 Å². The smallest absolute Gasteiger partial charge is 0.301 e. The van der Waals surface area contributed by atoms with Crippen molar-refractivity contribution in [3.05, 3.63) is 29.3 Å². The molecule has 0 N–H and O–H groups in total. The van der Waals surface area contributed by atoms with Gasteiger partial charge in [-0.3, -0.25) is 0 Å². The first-order chi connectivity index (χ1) is 12.7. The van der Waals surface area contributed by atoms with Gasteiger partial charge in [-0.05, 0) is 11.8 Å². The van der Waals surface area contributed by atoms with Crippen LogP contribution in [0, 0.1) is 0 Å². The molecule has 0 saturated carbocycles. The van der Waals surface area contributed by atoms with Crippen molar-refractivity contribution in [3.8, 4) is 0 Å². The van der Waals surface area contributed by atoms with Gasteiger partial charge in [0.2, 0.25) is 5.82 Å². The Morgan fingerprint density at radius 1 is 0.893 bits per heavy atom. The summed E-state index contributed by atoms with van der Waals surface area (Å²) in [6, 6.07) is 2.14. The Kier molecular flexibility index (Phi) is 4.64. The standard InChI is InChI=1S/C15H14F6N6S/c1-13(2,3)7-5-9-22-8(14(16,17)18)6-10(27(9)25-7)28-12-24-23-11(26(12)4)15(19,20)21/h5-6H,1-4H3. The Morgan fingerprint density at radius 3 is 2.04 bits per heavy atom. The molecule has 0 unspecified atom stereocenters. The summed E-state index contributed by atoms with van der Waals surface area (Å²) in [6.07, 6.45) is -9.48. The van der Waals surface area contributed by atoms with E-state index in [0.717, 1.165) is 17.6 Å². The van der Waals surface area contributed by atoms with Crippen molar-refractivity contribution >= 4 is 17.4 Å². The molecule has 6 nitrogen and oxygen atoms in total. The Labute approximate surface area is 159 Å². The minimum Gasteiger partial charge on any atom is -0.301 e. The molecule has 0 aromatic carbocycles. The van der Waals surface area contributed by atoms with Gasteiger partial charge in [0.1, 0.15) is 10.7 Å². The zero-order valence-corrected chi connectivity index (χ0v) is 15.8. The first-order valence-electron chi connectivity index (χ1n) is 7.81. The van der Waals surface area contributed by atoms with E-state index in [1.54, 1.807) is 0 Å². The van der Waals surface area contributed by atoms with Crippen LogP contribution in [-0.2, 0) is 24.8 Å². The van der Waals surface area contributed by atoms with E-state index in [4.69, 9.17) is 0 Å². The Hall–Kier alpha value is -2.31. The molecule has 0 aliphatic rings. The second-order valence-electron chi connectivity index (χ2n) is 6.99. The molecule has 3 aromatic heterocycles. The van der Waals surface area contributed by atoms with Crippen LogP contribution in [0.4, 0.5) is 26.3 Å². The molecule has 0 spiro atoms. The fraction of sp³-hybridized carbons (Fsp3) is 0.467. The van der Waals surface area contributed by atoms with Crippen LogP contribution in [-0.4, -0.2) is 29.4 Å². The molecule has 28 heavy (non-hydrogen) atoms. The first kappa shape index (κ1) is 20.4. The maximum absolute atomic E-state index is 13.2. The van der Waals surface area contributed by atoms with Crippen molar-refractivity contribution in [3.63, 3.8) is 0 Å². The van der Waals surface area contributed by atoms with E-state index in [9.17, 15) is 26.3 Å². The van der Waals surface area contributed by atoms with Gasteiger partial charge in [-0.25, -0.2) is 9.50 Å². The maximum Gasteiger partial charge on any atom is 0.451 e. The fourth-order valence-corrected chi connectivity index (χ4v) is 3.16. The molecule has 0 radical (unpaired) electrons. The van der Waals surface area contributed by atoms with Crippen molar-refractivity contribution in [1.82, 2.24) is 29.4 Å². The third-order valence-electron chi connectivity index (χ3n) is 3.74. The highest BCUT2D eigenvalue weighted by Gasteiger charge is 2.38. The minimum absolute atomic E-state index is 0.0690. The van der Waals surface area contributed by atoms with E-state index < -0.39 is 29.3 Å². The molecule has 3 rings (SSSR count). The van der Waals surface area contributed by atoms with Gasteiger partial charge in [-0.2, -0.15) is 31.4 Å². The number of hydrogen-bond donors (Lipinski definition) is 0. The molecule has 0 aliphatic heterocycles. The predicted molar refractivity (Wildman–Crippen MR) is 86.8 cm³/mol. The van der Waals surface area contributed by atoms with E-state index in [1.807, 2.05) is 20.8 Å². The van der Waals surface area contributed by atoms with Crippen LogP contribution in [0.15, 0.2) is 22.3 Å². The lowest BCUT2D eigenvalue weighted by atomic mass is 9.93. The third-order valence-corrected chi connectivity index (χ3v) is 4.78. The summed E-state index contributed by atoms with van der Waals surface area (Å²) in [7, 11) is 1.08. The summed E-state index contributed by atoms with van der Waals surface area (Å²) in [6.45, 7) is 5.47. The molecular formula is C15H14F6N6S. The highest BCUT2D eigenvalue weighted by Crippen LogP contribution is 2.36. The second kappa shape index (κ2) is 6.36. The molecule has 0 saturated heterocycles. The average molecular weight is 424 g/mol. The number of nitrogens with zero attached hydrogens (tertiary/aromatic N) is 6. The summed E-state index contributed by atoms with van der Waals surface area (Å²) >= 11 is 0.585. The second-order valence-corrected chi connectivity index (χ2v) is 7.98. The van der Waals surface area contributed by atoms with E-state index in [1.165, 1.54) is 6.07 Å². The molecule has 0 aliphatic carbocycles. The number of hydrogen-bond acceptors (Lipinski definition) is 5. The highest BCUT2D eigenvalue weighted by atomic mass is 32.2. The van der Waals surface area contributed by atoms with Crippen molar-refractivity contribution in [2.24, 2.45) is 7.05 Å². The molecule has 0 fully saturated rings. The number of rotatable bonds is 2.